The molecule has 0 unspecified atom stereocenters. The number of thiophene rings is 1. The molecule has 0 radical (unpaired) electrons. The molecule has 1 aromatic carbocycles. The number of hydrogen-bond acceptors (Lipinski definition) is 4. The Kier molecular flexibility index (Phi) is 4.94. The van der Waals surface area contributed by atoms with Crippen LogP contribution in [0.25, 0.3) is 0 Å². The first-order valence-corrected chi connectivity index (χ1v) is 10.8. The zero-order valence-corrected chi connectivity index (χ0v) is 17.7. The van der Waals surface area contributed by atoms with Crippen LogP contribution in [0.1, 0.15) is 52.9 Å². The summed E-state index contributed by atoms with van der Waals surface area (Å²) < 4.78 is 0. The van der Waals surface area contributed by atoms with E-state index in [1.807, 2.05) is 50.4 Å². The van der Waals surface area contributed by atoms with E-state index in [2.05, 4.69) is 10.6 Å². The van der Waals surface area contributed by atoms with Crippen LogP contribution in [-0.2, 0) is 21.5 Å². The van der Waals surface area contributed by atoms with Crippen LogP contribution in [-0.4, -0.2) is 29.3 Å². The van der Waals surface area contributed by atoms with Crippen molar-refractivity contribution in [3.8, 4) is 0 Å². The number of nitrogens with one attached hydrogen (secondary N) is 2. The van der Waals surface area contributed by atoms with Gasteiger partial charge in [0.15, 0.2) is 0 Å². The highest BCUT2D eigenvalue weighted by Gasteiger charge is 2.54. The topological polar surface area (TPSA) is 78.5 Å². The molecule has 0 bridgehead atoms. The Balaban J connectivity index is 1.47. The quantitative estimate of drug-likeness (QED) is 0.758. The van der Waals surface area contributed by atoms with Crippen molar-refractivity contribution in [3.05, 3.63) is 56.8 Å². The molecule has 4 rings (SSSR count). The second-order valence-corrected chi connectivity index (χ2v) is 8.97. The summed E-state index contributed by atoms with van der Waals surface area (Å²) in [5, 5.41) is 7.74. The van der Waals surface area contributed by atoms with Crippen LogP contribution in [0, 0.1) is 13.8 Å². The third kappa shape index (κ3) is 3.33. The number of benzene rings is 1. The van der Waals surface area contributed by atoms with Gasteiger partial charge >= 0.3 is 6.03 Å². The minimum Gasteiger partial charge on any atom is -0.348 e. The summed E-state index contributed by atoms with van der Waals surface area (Å²) >= 11 is 1.61. The van der Waals surface area contributed by atoms with Crippen molar-refractivity contribution >= 4 is 29.2 Å². The van der Waals surface area contributed by atoms with Crippen molar-refractivity contribution in [2.45, 2.75) is 51.6 Å². The van der Waals surface area contributed by atoms with Crippen LogP contribution in [0.2, 0.25) is 0 Å². The van der Waals surface area contributed by atoms with Crippen LogP contribution in [0.4, 0.5) is 4.79 Å². The lowest BCUT2D eigenvalue weighted by Crippen LogP contribution is -2.47. The maximum atomic E-state index is 13.2. The van der Waals surface area contributed by atoms with Gasteiger partial charge in [-0.25, -0.2) is 4.79 Å². The van der Waals surface area contributed by atoms with Crippen molar-refractivity contribution in [3.63, 3.8) is 0 Å². The summed E-state index contributed by atoms with van der Waals surface area (Å²) in [6.45, 7) is 5.69. The largest absolute Gasteiger partial charge is 0.348 e. The van der Waals surface area contributed by atoms with Crippen molar-refractivity contribution in [2.24, 2.45) is 0 Å². The van der Waals surface area contributed by atoms with Gasteiger partial charge in [-0.3, -0.25) is 14.5 Å². The highest BCUT2D eigenvalue weighted by Crippen LogP contribution is 2.42. The summed E-state index contributed by atoms with van der Waals surface area (Å²) in [5.41, 5.74) is 3.22. The van der Waals surface area contributed by atoms with Crippen molar-refractivity contribution in [1.82, 2.24) is 15.5 Å². The van der Waals surface area contributed by atoms with Crippen molar-refractivity contribution in [1.29, 1.82) is 0 Å². The molecule has 2 atom stereocenters. The lowest BCUT2D eigenvalue weighted by atomic mass is 9.80. The number of rotatable bonds is 4. The number of hydrogen-bond donors (Lipinski definition) is 2. The minimum absolute atomic E-state index is 0.213. The third-order valence-corrected chi connectivity index (χ3v) is 7.03. The number of carbonyl (C=O) groups is 3. The molecule has 29 heavy (non-hydrogen) atoms. The van der Waals surface area contributed by atoms with Gasteiger partial charge in [-0.1, -0.05) is 18.2 Å². The summed E-state index contributed by atoms with van der Waals surface area (Å²) in [6.07, 6.45) is 2.33. The van der Waals surface area contributed by atoms with Gasteiger partial charge in [0.25, 0.3) is 5.91 Å². The summed E-state index contributed by atoms with van der Waals surface area (Å²) in [6, 6.07) is 7.26. The predicted octanol–water partition coefficient (Wildman–Crippen LogP) is 3.33. The van der Waals surface area contributed by atoms with Gasteiger partial charge in [0.1, 0.15) is 12.1 Å². The number of imide groups is 1. The maximum absolute atomic E-state index is 13.2. The lowest BCUT2D eigenvalue weighted by Gasteiger charge is -2.31. The monoisotopic (exact) mass is 411 g/mol. The molecule has 2 aromatic rings. The number of carbonyl (C=O) groups excluding carboxylic acids is 3. The fourth-order valence-electron chi connectivity index (χ4n) is 4.23. The molecule has 1 aliphatic heterocycles. The molecule has 2 N–H and O–H groups in total. The Morgan fingerprint density at radius 2 is 2.07 bits per heavy atom. The van der Waals surface area contributed by atoms with E-state index in [4.69, 9.17) is 0 Å². The molecule has 1 saturated heterocycles. The molecule has 1 aromatic heterocycles. The van der Waals surface area contributed by atoms with Gasteiger partial charge in [0.2, 0.25) is 5.91 Å². The first kappa shape index (κ1) is 19.6. The molecule has 1 aliphatic carbocycles. The van der Waals surface area contributed by atoms with Crippen molar-refractivity contribution in [2.75, 3.05) is 6.54 Å². The molecule has 2 aliphatic rings. The number of fused-ring (bicyclic) bond motifs is 2. The van der Waals surface area contributed by atoms with E-state index in [-0.39, 0.29) is 24.4 Å². The van der Waals surface area contributed by atoms with Gasteiger partial charge in [-0.2, -0.15) is 0 Å². The van der Waals surface area contributed by atoms with E-state index < -0.39 is 11.6 Å². The number of amides is 4. The normalized spacial score (nSPS) is 21.8. The first-order valence-electron chi connectivity index (χ1n) is 9.89. The second kappa shape index (κ2) is 7.30. The standard InChI is InChI=1S/C22H25N3O3S/c1-13-6-7-16(11-14(13)2)15(3)23-19(26)12-25-20(27)22(24-21(25)28)9-4-5-18-17(22)8-10-29-18/h6-8,10-11,15H,4-5,9,12H2,1-3H3,(H,23,26)(H,24,28)/t15-,22-/m1/s1. The van der Waals surface area contributed by atoms with Gasteiger partial charge in [0, 0.05) is 10.4 Å². The van der Waals surface area contributed by atoms with Crippen LogP contribution < -0.4 is 10.6 Å². The van der Waals surface area contributed by atoms with Crippen LogP contribution in [0.3, 0.4) is 0 Å². The van der Waals surface area contributed by atoms with Gasteiger partial charge < -0.3 is 10.6 Å². The van der Waals surface area contributed by atoms with Crippen LogP contribution in [0.15, 0.2) is 29.6 Å². The van der Waals surface area contributed by atoms with Gasteiger partial charge in [-0.15, -0.1) is 11.3 Å². The van der Waals surface area contributed by atoms with E-state index in [0.29, 0.717) is 6.42 Å². The smallest absolute Gasteiger partial charge is 0.325 e. The fourth-order valence-corrected chi connectivity index (χ4v) is 5.23. The Bertz CT molecular complexity index is 999. The first-order chi connectivity index (χ1) is 13.8. The molecule has 6 nitrogen and oxygen atoms in total. The van der Waals surface area contributed by atoms with E-state index in [1.54, 1.807) is 11.3 Å². The van der Waals surface area contributed by atoms with E-state index in [1.165, 1.54) is 5.56 Å². The molecular formula is C22H25N3O3S. The van der Waals surface area contributed by atoms with Gasteiger partial charge in [-0.05, 0) is 68.2 Å². The molecular weight excluding hydrogens is 386 g/mol. The Morgan fingerprint density at radius 1 is 1.28 bits per heavy atom. The molecule has 4 amide bonds. The third-order valence-electron chi connectivity index (χ3n) is 6.05. The molecule has 1 spiro atoms. The zero-order chi connectivity index (χ0) is 20.8. The predicted molar refractivity (Wildman–Crippen MR) is 112 cm³/mol. The SMILES string of the molecule is Cc1ccc([C@@H](C)NC(=O)CN2C(=O)N[C@@]3(CCCc4sccc43)C2=O)cc1C. The molecule has 1 fully saturated rings. The summed E-state index contributed by atoms with van der Waals surface area (Å²) in [7, 11) is 0. The lowest BCUT2D eigenvalue weighted by molar-refractivity contribution is -0.135. The number of nitrogens with zero attached hydrogens (tertiary/aromatic N) is 1. The Morgan fingerprint density at radius 3 is 2.83 bits per heavy atom. The molecule has 2 heterocycles. The molecule has 0 saturated carbocycles. The number of urea groups is 1. The van der Waals surface area contributed by atoms with E-state index in [0.717, 1.165) is 39.3 Å². The van der Waals surface area contributed by atoms with Crippen LogP contribution >= 0.6 is 11.3 Å². The van der Waals surface area contributed by atoms with Crippen LogP contribution in [0.5, 0.6) is 0 Å². The molecule has 152 valence electrons. The summed E-state index contributed by atoms with van der Waals surface area (Å²) in [4.78, 5) is 40.6. The average molecular weight is 412 g/mol. The fraction of sp³-hybridized carbons (Fsp3) is 0.409. The average Bonchev–Trinajstić information content (AvgIpc) is 3.25. The number of aryl methyl sites for hydroxylation is 3. The van der Waals surface area contributed by atoms with E-state index in [9.17, 15) is 14.4 Å². The highest BCUT2D eigenvalue weighted by molar-refractivity contribution is 7.10. The molecule has 7 heteroatoms. The van der Waals surface area contributed by atoms with Crippen molar-refractivity contribution < 1.29 is 14.4 Å². The van der Waals surface area contributed by atoms with E-state index >= 15 is 0 Å². The maximum Gasteiger partial charge on any atom is 0.325 e. The zero-order valence-electron chi connectivity index (χ0n) is 16.9. The van der Waals surface area contributed by atoms with Gasteiger partial charge in [0.05, 0.1) is 6.04 Å². The Hall–Kier alpha value is -2.67. The second-order valence-electron chi connectivity index (χ2n) is 7.97. The summed E-state index contributed by atoms with van der Waals surface area (Å²) in [5.74, 6) is -0.673. The highest BCUT2D eigenvalue weighted by atomic mass is 32.1. The minimum atomic E-state index is -1.01. The Labute approximate surface area is 174 Å².